The highest BCUT2D eigenvalue weighted by molar-refractivity contribution is 9.10. The van der Waals surface area contributed by atoms with Crippen molar-refractivity contribution in [3.63, 3.8) is 0 Å². The number of thiophene rings is 1. The summed E-state index contributed by atoms with van der Waals surface area (Å²) < 4.78 is 14.5. The predicted octanol–water partition coefficient (Wildman–Crippen LogP) is 6.99. The van der Waals surface area contributed by atoms with Crippen molar-refractivity contribution in [1.29, 1.82) is 0 Å². The number of carbonyl (C=O) groups is 1. The molecule has 27 heavy (non-hydrogen) atoms. The monoisotopic (exact) mass is 459 g/mol. The third-order valence-electron chi connectivity index (χ3n) is 3.39. The van der Waals surface area contributed by atoms with Crippen molar-refractivity contribution >= 4 is 33.2 Å². The molecule has 1 heterocycles. The molecular formula is C21H31BrFNO2S. The number of carboxylic acid groups (broad SMARTS) is 1. The van der Waals surface area contributed by atoms with Crippen LogP contribution < -0.4 is 5.32 Å². The van der Waals surface area contributed by atoms with Gasteiger partial charge in [0.15, 0.2) is 0 Å². The van der Waals surface area contributed by atoms with Crippen molar-refractivity contribution in [2.45, 2.75) is 67.0 Å². The zero-order chi connectivity index (χ0) is 21.2. The van der Waals surface area contributed by atoms with E-state index in [4.69, 9.17) is 0 Å². The van der Waals surface area contributed by atoms with Gasteiger partial charge in [0, 0.05) is 28.0 Å². The minimum absolute atomic E-state index is 0.0923. The first-order valence-corrected chi connectivity index (χ1v) is 10.8. The van der Waals surface area contributed by atoms with Crippen molar-refractivity contribution in [2.24, 2.45) is 0 Å². The fourth-order valence-corrected chi connectivity index (χ4v) is 3.52. The number of hydrogen-bond acceptors (Lipinski definition) is 3. The van der Waals surface area contributed by atoms with Gasteiger partial charge in [0.25, 0.3) is 0 Å². The maximum Gasteiger partial charge on any atom is 0.346 e. The van der Waals surface area contributed by atoms with Crippen LogP contribution in [0, 0.1) is 5.82 Å². The van der Waals surface area contributed by atoms with Crippen molar-refractivity contribution in [1.82, 2.24) is 5.32 Å². The molecule has 0 aliphatic heterocycles. The molecule has 1 aromatic carbocycles. The molecule has 0 unspecified atom stereocenters. The summed E-state index contributed by atoms with van der Waals surface area (Å²) >= 11 is 4.53. The second-order valence-electron chi connectivity index (χ2n) is 6.36. The maximum atomic E-state index is 13.8. The van der Waals surface area contributed by atoms with Crippen LogP contribution in [0.4, 0.5) is 4.39 Å². The van der Waals surface area contributed by atoms with Gasteiger partial charge in [-0.05, 0) is 29.2 Å². The van der Waals surface area contributed by atoms with Gasteiger partial charge in [0.05, 0.1) is 0 Å². The fourth-order valence-electron chi connectivity index (χ4n) is 2.11. The number of hydrogen-bond donors (Lipinski definition) is 2. The molecule has 6 heteroatoms. The summed E-state index contributed by atoms with van der Waals surface area (Å²) in [5.41, 5.74) is 1.20. The van der Waals surface area contributed by atoms with E-state index in [2.05, 4.69) is 42.0 Å². The molecule has 3 nitrogen and oxygen atoms in total. The van der Waals surface area contributed by atoms with Crippen LogP contribution in [0.1, 0.15) is 74.1 Å². The largest absolute Gasteiger partial charge is 0.477 e. The Hall–Kier alpha value is -1.24. The van der Waals surface area contributed by atoms with E-state index in [1.165, 1.54) is 17.4 Å². The molecule has 0 spiro atoms. The van der Waals surface area contributed by atoms with Crippen molar-refractivity contribution < 1.29 is 14.3 Å². The molecule has 2 N–H and O–H groups in total. The van der Waals surface area contributed by atoms with Crippen molar-refractivity contribution in [3.8, 4) is 0 Å². The predicted molar refractivity (Wildman–Crippen MR) is 117 cm³/mol. The Labute approximate surface area is 175 Å². The molecule has 0 aliphatic carbocycles. The molecule has 2 aromatic rings. The zero-order valence-corrected chi connectivity index (χ0v) is 19.6. The van der Waals surface area contributed by atoms with Crippen molar-refractivity contribution in [2.75, 3.05) is 0 Å². The number of carboxylic acids is 1. The van der Waals surface area contributed by atoms with Gasteiger partial charge < -0.3 is 10.4 Å². The van der Waals surface area contributed by atoms with Gasteiger partial charge in [-0.1, -0.05) is 70.5 Å². The first-order valence-electron chi connectivity index (χ1n) is 9.19. The highest BCUT2D eigenvalue weighted by atomic mass is 79.9. The van der Waals surface area contributed by atoms with Gasteiger partial charge in [0.1, 0.15) is 10.7 Å². The standard InChI is InChI=1S/C17H19BrFNO2S.2C2H6/c1-17(2,3)14-6-11(15(23-14)16(21)22)9-20-8-10-4-5-12(18)7-13(10)19;2*1-2/h4-7,20H,8-9H2,1-3H3,(H,21,22);2*1-2H3. The van der Waals surface area contributed by atoms with E-state index in [1.807, 2.05) is 33.8 Å². The third kappa shape index (κ3) is 8.11. The lowest BCUT2D eigenvalue weighted by Gasteiger charge is -2.15. The second-order valence-corrected chi connectivity index (χ2v) is 8.33. The van der Waals surface area contributed by atoms with E-state index in [1.54, 1.807) is 12.1 Å². The molecule has 0 saturated heterocycles. The lowest BCUT2D eigenvalue weighted by atomic mass is 9.94. The summed E-state index contributed by atoms with van der Waals surface area (Å²) in [6.45, 7) is 14.9. The fraction of sp³-hybridized carbons (Fsp3) is 0.476. The molecule has 0 radical (unpaired) electrons. The summed E-state index contributed by atoms with van der Waals surface area (Å²) in [5.74, 6) is -1.21. The van der Waals surface area contributed by atoms with E-state index >= 15 is 0 Å². The normalized spacial score (nSPS) is 10.4. The Morgan fingerprint density at radius 1 is 1.11 bits per heavy atom. The number of benzene rings is 1. The van der Waals surface area contributed by atoms with Crippen LogP contribution in [0.2, 0.25) is 0 Å². The molecule has 1 aromatic heterocycles. The number of aromatic carboxylic acids is 1. The Bertz CT molecular complexity index is 723. The molecule has 2 rings (SSSR count). The Kier molecular flexibility index (Phi) is 11.7. The molecule has 0 aliphatic rings. The molecule has 0 amide bonds. The highest BCUT2D eigenvalue weighted by Crippen LogP contribution is 2.32. The van der Waals surface area contributed by atoms with E-state index in [-0.39, 0.29) is 11.2 Å². The zero-order valence-electron chi connectivity index (χ0n) is 17.2. The van der Waals surface area contributed by atoms with Crippen LogP contribution in [0.3, 0.4) is 0 Å². The average Bonchev–Trinajstić information content (AvgIpc) is 3.05. The third-order valence-corrected chi connectivity index (χ3v) is 5.47. The lowest BCUT2D eigenvalue weighted by Crippen LogP contribution is -2.15. The molecule has 0 saturated carbocycles. The van der Waals surface area contributed by atoms with Gasteiger partial charge in [-0.3, -0.25) is 0 Å². The molecule has 0 fully saturated rings. The lowest BCUT2D eigenvalue weighted by molar-refractivity contribution is 0.0701. The minimum Gasteiger partial charge on any atom is -0.477 e. The quantitative estimate of drug-likeness (QED) is 0.506. The van der Waals surface area contributed by atoms with Crippen LogP contribution in [0.5, 0.6) is 0 Å². The first-order chi connectivity index (χ1) is 12.7. The van der Waals surface area contributed by atoms with Gasteiger partial charge in [-0.2, -0.15) is 0 Å². The van der Waals surface area contributed by atoms with E-state index in [0.29, 0.717) is 28.0 Å². The average molecular weight is 460 g/mol. The molecule has 0 bridgehead atoms. The van der Waals surface area contributed by atoms with Crippen LogP contribution in [0.25, 0.3) is 0 Å². The first kappa shape index (κ1) is 25.8. The summed E-state index contributed by atoms with van der Waals surface area (Å²) in [5, 5.41) is 12.5. The topological polar surface area (TPSA) is 49.3 Å². The second kappa shape index (κ2) is 12.3. The Morgan fingerprint density at radius 3 is 2.15 bits per heavy atom. The maximum absolute atomic E-state index is 13.8. The summed E-state index contributed by atoms with van der Waals surface area (Å²) in [6, 6.07) is 6.84. The van der Waals surface area contributed by atoms with Gasteiger partial charge in [-0.15, -0.1) is 11.3 Å². The van der Waals surface area contributed by atoms with Crippen LogP contribution >= 0.6 is 27.3 Å². The number of halogens is 2. The van der Waals surface area contributed by atoms with E-state index in [0.717, 1.165) is 10.4 Å². The van der Waals surface area contributed by atoms with Crippen LogP contribution in [0.15, 0.2) is 28.7 Å². The Balaban J connectivity index is 0.00000158. The van der Waals surface area contributed by atoms with Gasteiger partial charge >= 0.3 is 5.97 Å². The number of nitrogens with one attached hydrogen (secondary N) is 1. The van der Waals surface area contributed by atoms with E-state index in [9.17, 15) is 14.3 Å². The Morgan fingerprint density at radius 2 is 1.67 bits per heavy atom. The van der Waals surface area contributed by atoms with Gasteiger partial charge in [0.2, 0.25) is 0 Å². The SMILES string of the molecule is CC.CC.CC(C)(C)c1cc(CNCc2ccc(Br)cc2F)c(C(=O)O)s1. The van der Waals surface area contributed by atoms with Crippen LogP contribution in [-0.4, -0.2) is 11.1 Å². The van der Waals surface area contributed by atoms with E-state index < -0.39 is 5.97 Å². The summed E-state index contributed by atoms with van der Waals surface area (Å²) in [4.78, 5) is 12.8. The van der Waals surface area contributed by atoms with Gasteiger partial charge in [-0.25, -0.2) is 9.18 Å². The number of rotatable bonds is 5. The molecular weight excluding hydrogens is 429 g/mol. The van der Waals surface area contributed by atoms with Crippen LogP contribution in [-0.2, 0) is 18.5 Å². The smallest absolute Gasteiger partial charge is 0.346 e. The highest BCUT2D eigenvalue weighted by Gasteiger charge is 2.22. The summed E-state index contributed by atoms with van der Waals surface area (Å²) in [6.07, 6.45) is 0. The molecule has 152 valence electrons. The molecule has 0 atom stereocenters. The van der Waals surface area contributed by atoms with Crippen molar-refractivity contribution in [3.05, 3.63) is 55.4 Å². The minimum atomic E-state index is -0.919. The summed E-state index contributed by atoms with van der Waals surface area (Å²) in [7, 11) is 0.